The Morgan fingerprint density at radius 2 is 1.91 bits per heavy atom. The molecule has 2 N–H and O–H groups in total. The van der Waals surface area contributed by atoms with Crippen molar-refractivity contribution >= 4 is 0 Å². The molecule has 0 aliphatic carbocycles. The van der Waals surface area contributed by atoms with Gasteiger partial charge in [-0.25, -0.2) is 0 Å². The lowest BCUT2D eigenvalue weighted by molar-refractivity contribution is -0.185. The molecule has 0 aromatic carbocycles. The van der Waals surface area contributed by atoms with E-state index in [-0.39, 0.29) is 6.10 Å². The molecule has 0 aromatic heterocycles. The predicted octanol–water partition coefficient (Wildman–Crippen LogP) is 3.99. The molecule has 2 aliphatic rings. The van der Waals surface area contributed by atoms with E-state index >= 15 is 0 Å². The summed E-state index contributed by atoms with van der Waals surface area (Å²) in [5, 5.41) is 21.1. The fourth-order valence-electron chi connectivity index (χ4n) is 3.85. The third-order valence-corrected chi connectivity index (χ3v) is 5.65. The summed E-state index contributed by atoms with van der Waals surface area (Å²) >= 11 is 0. The predicted molar refractivity (Wildman–Crippen MR) is 94.2 cm³/mol. The van der Waals surface area contributed by atoms with Gasteiger partial charge in [0.2, 0.25) is 0 Å². The fraction of sp³-hybridized carbons (Fsp3) is 0.800. The molecular formula is C20H34O3. The molecule has 3 nitrogen and oxygen atoms in total. The number of aliphatic hydroxyl groups is 2. The summed E-state index contributed by atoms with van der Waals surface area (Å²) in [5.74, 6) is 1.06. The highest BCUT2D eigenvalue weighted by Crippen LogP contribution is 2.40. The molecule has 0 unspecified atom stereocenters. The van der Waals surface area contributed by atoms with Gasteiger partial charge < -0.3 is 14.9 Å². The Morgan fingerprint density at radius 1 is 1.22 bits per heavy atom. The maximum Gasteiger partial charge on any atom is 0.0920 e. The van der Waals surface area contributed by atoms with Crippen molar-refractivity contribution < 1.29 is 14.9 Å². The molecule has 0 amide bonds. The van der Waals surface area contributed by atoms with Crippen LogP contribution in [0.15, 0.2) is 23.8 Å². The molecule has 2 heterocycles. The number of allylic oxidation sites excluding steroid dienone is 2. The number of aliphatic hydroxyl groups excluding tert-OH is 1. The van der Waals surface area contributed by atoms with Gasteiger partial charge in [-0.05, 0) is 64.7 Å². The average Bonchev–Trinajstić information content (AvgIpc) is 2.43. The first-order valence-corrected chi connectivity index (χ1v) is 9.06. The maximum atomic E-state index is 10.7. The van der Waals surface area contributed by atoms with Gasteiger partial charge in [0.15, 0.2) is 0 Å². The van der Waals surface area contributed by atoms with Crippen LogP contribution in [0, 0.1) is 11.8 Å². The molecular weight excluding hydrogens is 288 g/mol. The van der Waals surface area contributed by atoms with Crippen LogP contribution in [0.2, 0.25) is 0 Å². The summed E-state index contributed by atoms with van der Waals surface area (Å²) in [6.45, 7) is 10.5. The summed E-state index contributed by atoms with van der Waals surface area (Å²) in [5.41, 5.74) is -0.135. The molecule has 0 spiro atoms. The molecule has 2 bridgehead atoms. The van der Waals surface area contributed by atoms with Crippen molar-refractivity contribution in [2.45, 2.75) is 90.1 Å². The van der Waals surface area contributed by atoms with E-state index in [1.807, 2.05) is 26.0 Å². The van der Waals surface area contributed by atoms with Crippen molar-refractivity contribution in [3.8, 4) is 0 Å². The Morgan fingerprint density at radius 3 is 2.57 bits per heavy atom. The molecule has 1 fully saturated rings. The third-order valence-electron chi connectivity index (χ3n) is 5.65. The van der Waals surface area contributed by atoms with Crippen molar-refractivity contribution in [3.63, 3.8) is 0 Å². The van der Waals surface area contributed by atoms with Crippen molar-refractivity contribution in [2.24, 2.45) is 11.8 Å². The Balaban J connectivity index is 2.32. The summed E-state index contributed by atoms with van der Waals surface area (Å²) in [6, 6.07) is 0. The van der Waals surface area contributed by atoms with Crippen LogP contribution in [0.3, 0.4) is 0 Å². The molecule has 0 aromatic rings. The Bertz CT molecular complexity index is 464. The minimum Gasteiger partial charge on any atom is -0.390 e. The van der Waals surface area contributed by atoms with Gasteiger partial charge in [0.05, 0.1) is 23.4 Å². The van der Waals surface area contributed by atoms with Gasteiger partial charge in [0, 0.05) is 0 Å². The molecule has 23 heavy (non-hydrogen) atoms. The van der Waals surface area contributed by atoms with Crippen molar-refractivity contribution in [1.82, 2.24) is 0 Å². The molecule has 5 atom stereocenters. The summed E-state index contributed by atoms with van der Waals surface area (Å²) < 4.78 is 6.44. The number of fused-ring (bicyclic) bond motifs is 2. The second-order valence-electron chi connectivity index (χ2n) is 8.37. The van der Waals surface area contributed by atoms with Gasteiger partial charge in [-0.15, -0.1) is 0 Å². The largest absolute Gasteiger partial charge is 0.390 e. The van der Waals surface area contributed by atoms with Crippen LogP contribution in [0.1, 0.15) is 66.7 Å². The van der Waals surface area contributed by atoms with Crippen LogP contribution in [-0.4, -0.2) is 33.6 Å². The van der Waals surface area contributed by atoms with Gasteiger partial charge >= 0.3 is 0 Å². The zero-order valence-corrected chi connectivity index (χ0v) is 15.4. The smallest absolute Gasteiger partial charge is 0.0920 e. The summed E-state index contributed by atoms with van der Waals surface area (Å²) in [4.78, 5) is 0. The number of ether oxygens (including phenoxy) is 1. The first kappa shape index (κ1) is 18.7. The van der Waals surface area contributed by atoms with Gasteiger partial charge in [0.1, 0.15) is 0 Å². The third kappa shape index (κ3) is 4.68. The van der Waals surface area contributed by atoms with E-state index < -0.39 is 17.3 Å². The highest BCUT2D eigenvalue weighted by Gasteiger charge is 2.43. The molecule has 0 saturated carbocycles. The van der Waals surface area contributed by atoms with Crippen LogP contribution >= 0.6 is 0 Å². The first-order valence-electron chi connectivity index (χ1n) is 9.06. The zero-order chi connectivity index (χ0) is 17.3. The SMILES string of the molecule is C/C1=C\[C@@H]2O[C@@](C)(CC[C@@H]2C(C)C)[C@@H](O)CC[C@@](C)(O)/C=C/C1. The lowest BCUT2D eigenvalue weighted by atomic mass is 9.76. The molecule has 3 heteroatoms. The molecule has 2 aliphatic heterocycles. The van der Waals surface area contributed by atoms with Crippen LogP contribution in [0.25, 0.3) is 0 Å². The van der Waals surface area contributed by atoms with Crippen LogP contribution in [-0.2, 0) is 4.74 Å². The van der Waals surface area contributed by atoms with Gasteiger partial charge in [-0.3, -0.25) is 0 Å². The Hall–Kier alpha value is -0.640. The summed E-state index contributed by atoms with van der Waals surface area (Å²) in [7, 11) is 0. The minimum atomic E-state index is -0.870. The van der Waals surface area contributed by atoms with E-state index in [0.717, 1.165) is 19.3 Å². The van der Waals surface area contributed by atoms with Crippen molar-refractivity contribution in [3.05, 3.63) is 23.8 Å². The lowest BCUT2D eigenvalue weighted by Crippen LogP contribution is -2.51. The summed E-state index contributed by atoms with van der Waals surface area (Å²) in [6.07, 6.45) is 9.53. The van der Waals surface area contributed by atoms with Crippen LogP contribution < -0.4 is 0 Å². The second-order valence-corrected chi connectivity index (χ2v) is 8.37. The highest BCUT2D eigenvalue weighted by atomic mass is 16.5. The molecule has 1 saturated heterocycles. The van der Waals surface area contributed by atoms with Crippen LogP contribution in [0.4, 0.5) is 0 Å². The van der Waals surface area contributed by atoms with E-state index in [1.54, 1.807) is 0 Å². The monoisotopic (exact) mass is 322 g/mol. The maximum absolute atomic E-state index is 10.7. The fourth-order valence-corrected chi connectivity index (χ4v) is 3.85. The zero-order valence-electron chi connectivity index (χ0n) is 15.4. The molecule has 132 valence electrons. The minimum absolute atomic E-state index is 0.0664. The highest BCUT2D eigenvalue weighted by molar-refractivity contribution is 5.13. The Labute approximate surface area is 141 Å². The van der Waals surface area contributed by atoms with E-state index in [0.29, 0.717) is 24.7 Å². The number of hydrogen-bond acceptors (Lipinski definition) is 3. The Kier molecular flexibility index (Phi) is 5.76. The number of hydrogen-bond donors (Lipinski definition) is 2. The van der Waals surface area contributed by atoms with Crippen molar-refractivity contribution in [1.29, 1.82) is 0 Å². The first-order chi connectivity index (χ1) is 10.6. The van der Waals surface area contributed by atoms with Gasteiger partial charge in [-0.1, -0.05) is 37.6 Å². The quantitative estimate of drug-likeness (QED) is 0.718. The van der Waals surface area contributed by atoms with Gasteiger partial charge in [0.25, 0.3) is 0 Å². The van der Waals surface area contributed by atoms with E-state index in [9.17, 15) is 10.2 Å². The normalized spacial score (nSPS) is 46.4. The van der Waals surface area contributed by atoms with Crippen LogP contribution in [0.5, 0.6) is 0 Å². The van der Waals surface area contributed by atoms with E-state index in [4.69, 9.17) is 4.74 Å². The standard InChI is InChI=1S/C20H34O3/c1-14(2)16-8-12-20(5)18(21)9-11-19(4,22)10-6-7-15(3)13-17(16)23-20/h6,10,13-14,16-18,21-22H,7-9,11-12H2,1-5H3/b10-6+,15-13+/t16-,17+,18+,19+,20+/m1/s1. The topological polar surface area (TPSA) is 49.7 Å². The van der Waals surface area contributed by atoms with E-state index in [2.05, 4.69) is 26.8 Å². The molecule has 0 radical (unpaired) electrons. The molecule has 2 rings (SSSR count). The lowest BCUT2D eigenvalue weighted by Gasteiger charge is -2.46. The van der Waals surface area contributed by atoms with Crippen molar-refractivity contribution in [2.75, 3.05) is 0 Å². The van der Waals surface area contributed by atoms with Gasteiger partial charge in [-0.2, -0.15) is 0 Å². The number of rotatable bonds is 1. The average molecular weight is 322 g/mol. The van der Waals surface area contributed by atoms with E-state index in [1.165, 1.54) is 5.57 Å². The second kappa shape index (κ2) is 7.08.